The molecule has 4 unspecified atom stereocenters. The summed E-state index contributed by atoms with van der Waals surface area (Å²) in [6.45, 7) is 5.45. The Balaban J connectivity index is 1.34. The van der Waals surface area contributed by atoms with Crippen LogP contribution in [0.2, 0.25) is 0 Å². The van der Waals surface area contributed by atoms with Crippen molar-refractivity contribution in [1.82, 2.24) is 13.9 Å². The molecule has 4 aliphatic heterocycles. The first-order valence-corrected chi connectivity index (χ1v) is 10.2. The topological polar surface area (TPSA) is 35.6 Å². The molecule has 1 N–H and O–H groups in total. The first kappa shape index (κ1) is 16.5. The number of hydrogen-bond acceptors (Lipinski definition) is 5. The highest BCUT2D eigenvalue weighted by Gasteiger charge is 2.38. The van der Waals surface area contributed by atoms with Crippen molar-refractivity contribution in [2.24, 2.45) is 5.92 Å². The van der Waals surface area contributed by atoms with Crippen LogP contribution in [0.5, 0.6) is 0 Å². The van der Waals surface area contributed by atoms with Gasteiger partial charge in [0.15, 0.2) is 0 Å². The number of carbonyl (C=O) groups excluding carboxylic acids is 1. The Hall–Kier alpha value is -0.950. The van der Waals surface area contributed by atoms with Crippen molar-refractivity contribution in [2.75, 3.05) is 19.6 Å². The third-order valence-corrected chi connectivity index (χ3v) is 7.24. The summed E-state index contributed by atoms with van der Waals surface area (Å²) in [6.07, 6.45) is 4.57. The van der Waals surface area contributed by atoms with Crippen LogP contribution in [0.4, 0.5) is 0 Å². The van der Waals surface area contributed by atoms with Crippen LogP contribution >= 0.6 is 23.9 Å². The van der Waals surface area contributed by atoms with Crippen LogP contribution in [-0.2, 0) is 0 Å². The summed E-state index contributed by atoms with van der Waals surface area (Å²) in [5.41, 5.74) is 0.760. The predicted molar refractivity (Wildman–Crippen MR) is 101 cm³/mol. The molecule has 1 aromatic rings. The second-order valence-electron chi connectivity index (χ2n) is 6.82. The van der Waals surface area contributed by atoms with E-state index in [0.717, 1.165) is 18.7 Å². The van der Waals surface area contributed by atoms with Gasteiger partial charge in [-0.15, -0.1) is 0 Å². The van der Waals surface area contributed by atoms with E-state index in [4.69, 9.17) is 0 Å². The van der Waals surface area contributed by atoms with Gasteiger partial charge in [-0.1, -0.05) is 6.08 Å². The fraction of sp³-hybridized carbons (Fsp3) is 0.500. The molecule has 1 aromatic carbocycles. The maximum Gasteiger partial charge on any atom is 0.251 e. The van der Waals surface area contributed by atoms with Crippen molar-refractivity contribution in [1.29, 1.82) is 0 Å². The minimum absolute atomic E-state index is 0.0650. The van der Waals surface area contributed by atoms with Crippen molar-refractivity contribution in [3.05, 3.63) is 41.3 Å². The van der Waals surface area contributed by atoms with Gasteiger partial charge >= 0.3 is 0 Å². The van der Waals surface area contributed by atoms with Gasteiger partial charge in [-0.05, 0) is 85.8 Å². The molecule has 0 radical (unpaired) electrons. The fourth-order valence-electron chi connectivity index (χ4n) is 3.84. The van der Waals surface area contributed by atoms with Crippen molar-refractivity contribution >= 4 is 29.8 Å². The second kappa shape index (κ2) is 7.12. The summed E-state index contributed by atoms with van der Waals surface area (Å²) in [5.74, 6) is 0.707. The summed E-state index contributed by atoms with van der Waals surface area (Å²) in [6, 6.07) is 8.94. The van der Waals surface area contributed by atoms with Crippen LogP contribution in [-0.4, -0.2) is 46.2 Å². The van der Waals surface area contributed by atoms with E-state index >= 15 is 0 Å². The number of fused-ring (bicyclic) bond motifs is 3. The smallest absolute Gasteiger partial charge is 0.251 e. The van der Waals surface area contributed by atoms with E-state index in [9.17, 15) is 4.79 Å². The monoisotopic (exact) mass is 361 g/mol. The van der Waals surface area contributed by atoms with Crippen LogP contribution in [0.1, 0.15) is 30.1 Å². The molecule has 5 rings (SSSR count). The normalized spacial score (nSPS) is 32.2. The molecule has 0 aliphatic carbocycles. The molecule has 0 saturated carbocycles. The zero-order valence-electron chi connectivity index (χ0n) is 13.9. The summed E-state index contributed by atoms with van der Waals surface area (Å²) in [4.78, 5) is 16.2. The molecule has 3 fully saturated rings. The van der Waals surface area contributed by atoms with E-state index in [-0.39, 0.29) is 5.91 Å². The second-order valence-corrected chi connectivity index (χ2v) is 9.07. The van der Waals surface area contributed by atoms with E-state index in [1.807, 2.05) is 24.3 Å². The molecule has 128 valence electrons. The number of nitrogens with one attached hydrogen (secondary N) is 1. The lowest BCUT2D eigenvalue weighted by atomic mass is 9.80. The Kier molecular flexibility index (Phi) is 4.90. The number of piperidine rings is 3. The Morgan fingerprint density at radius 2 is 2.17 bits per heavy atom. The molecular formula is C18H23N3OS2. The molecule has 0 spiro atoms. The number of amides is 1. The van der Waals surface area contributed by atoms with Gasteiger partial charge in [0.2, 0.25) is 0 Å². The number of nitrogens with zero attached hydrogens (tertiary/aromatic N) is 2. The maximum atomic E-state index is 12.6. The fourth-order valence-corrected chi connectivity index (χ4v) is 5.55. The van der Waals surface area contributed by atoms with E-state index in [1.165, 1.54) is 24.3 Å². The average Bonchev–Trinajstić information content (AvgIpc) is 3.09. The van der Waals surface area contributed by atoms with Crippen molar-refractivity contribution in [2.45, 2.75) is 36.7 Å². The molecule has 4 nitrogen and oxygen atoms in total. The largest absolute Gasteiger partial charge is 0.348 e. The van der Waals surface area contributed by atoms with Crippen LogP contribution < -0.4 is 5.32 Å². The SMILES string of the molecule is CC1CC2CCN1CC2NC(=O)c1ccc(SN2CC=CS2)cc1. The zero-order chi connectivity index (χ0) is 16.5. The van der Waals surface area contributed by atoms with Gasteiger partial charge < -0.3 is 5.32 Å². The molecule has 3 saturated heterocycles. The minimum Gasteiger partial charge on any atom is -0.348 e. The van der Waals surface area contributed by atoms with Gasteiger partial charge in [0.1, 0.15) is 0 Å². The number of carbonyl (C=O) groups is 1. The molecule has 2 bridgehead atoms. The molecule has 4 heterocycles. The van der Waals surface area contributed by atoms with Gasteiger partial charge in [-0.2, -0.15) is 3.71 Å². The highest BCUT2D eigenvalue weighted by molar-refractivity contribution is 8.13. The van der Waals surface area contributed by atoms with Gasteiger partial charge in [0, 0.05) is 35.6 Å². The summed E-state index contributed by atoms with van der Waals surface area (Å²) in [7, 11) is 0. The highest BCUT2D eigenvalue weighted by Crippen LogP contribution is 2.33. The molecule has 4 atom stereocenters. The molecular weight excluding hydrogens is 338 g/mol. The lowest BCUT2D eigenvalue weighted by Gasteiger charge is -2.48. The molecule has 0 aromatic heterocycles. The van der Waals surface area contributed by atoms with Crippen molar-refractivity contribution in [3.8, 4) is 0 Å². The van der Waals surface area contributed by atoms with E-state index in [0.29, 0.717) is 18.0 Å². The molecule has 6 heteroatoms. The van der Waals surface area contributed by atoms with Crippen LogP contribution in [0, 0.1) is 5.92 Å². The van der Waals surface area contributed by atoms with Crippen molar-refractivity contribution in [3.63, 3.8) is 0 Å². The van der Waals surface area contributed by atoms with Crippen LogP contribution in [0.3, 0.4) is 0 Å². The Morgan fingerprint density at radius 3 is 2.79 bits per heavy atom. The summed E-state index contributed by atoms with van der Waals surface area (Å²) >= 11 is 3.42. The molecule has 4 aliphatic rings. The minimum atomic E-state index is 0.0650. The highest BCUT2D eigenvalue weighted by atomic mass is 32.2. The van der Waals surface area contributed by atoms with Gasteiger partial charge in [-0.25, -0.2) is 0 Å². The first-order chi connectivity index (χ1) is 11.7. The Bertz CT molecular complexity index is 626. The number of rotatable bonds is 4. The summed E-state index contributed by atoms with van der Waals surface area (Å²) < 4.78 is 2.21. The van der Waals surface area contributed by atoms with E-state index in [2.05, 4.69) is 32.3 Å². The number of benzene rings is 1. The zero-order valence-corrected chi connectivity index (χ0v) is 15.5. The third kappa shape index (κ3) is 3.52. The standard InChI is InChI=1S/C18H23N3OS2/c1-13-11-15-7-9-20(13)12-17(15)19-18(22)14-3-5-16(6-4-14)24-21-8-2-10-23-21/h2-6,10,13,15,17H,7-9,11-12H2,1H3,(H,19,22). The quantitative estimate of drug-likeness (QED) is 0.832. The van der Waals surface area contributed by atoms with Crippen LogP contribution in [0.25, 0.3) is 0 Å². The first-order valence-electron chi connectivity index (χ1n) is 8.61. The van der Waals surface area contributed by atoms with Crippen LogP contribution in [0.15, 0.2) is 40.6 Å². The maximum absolute atomic E-state index is 12.6. The average molecular weight is 362 g/mol. The van der Waals surface area contributed by atoms with Crippen molar-refractivity contribution < 1.29 is 4.79 Å². The summed E-state index contributed by atoms with van der Waals surface area (Å²) in [5, 5.41) is 5.37. The van der Waals surface area contributed by atoms with E-state index in [1.54, 1.807) is 23.9 Å². The van der Waals surface area contributed by atoms with Gasteiger partial charge in [0.25, 0.3) is 5.91 Å². The van der Waals surface area contributed by atoms with Gasteiger partial charge in [0.05, 0.1) is 0 Å². The lowest BCUT2D eigenvalue weighted by Crippen LogP contribution is -2.60. The predicted octanol–water partition coefficient (Wildman–Crippen LogP) is 3.38. The van der Waals surface area contributed by atoms with E-state index < -0.39 is 0 Å². The lowest BCUT2D eigenvalue weighted by molar-refractivity contribution is 0.0274. The third-order valence-electron chi connectivity index (χ3n) is 5.22. The van der Waals surface area contributed by atoms with Gasteiger partial charge in [-0.3, -0.25) is 9.69 Å². The molecule has 1 amide bonds. The Morgan fingerprint density at radius 1 is 1.33 bits per heavy atom. The number of hydrogen-bond donors (Lipinski definition) is 1. The Labute approximate surface area is 152 Å². The molecule has 24 heavy (non-hydrogen) atoms.